The van der Waals surface area contributed by atoms with Crippen molar-refractivity contribution < 1.29 is 13.2 Å². The molecule has 1 heterocycles. The van der Waals surface area contributed by atoms with Gasteiger partial charge in [0.2, 0.25) is 0 Å². The van der Waals surface area contributed by atoms with E-state index in [1.165, 1.54) is 18.2 Å². The van der Waals surface area contributed by atoms with Gasteiger partial charge in [-0.1, -0.05) is 12.1 Å². The molecule has 0 aliphatic carbocycles. The smallest absolute Gasteiger partial charge is 0.270 e. The molecule has 154 valence electrons. The van der Waals surface area contributed by atoms with Gasteiger partial charge in [-0.05, 0) is 42.2 Å². The second-order valence-corrected chi connectivity index (χ2v) is 9.31. The summed E-state index contributed by atoms with van der Waals surface area (Å²) in [6.07, 6.45) is 4.03. The number of nitrogens with two attached hydrogens (primary N) is 1. The second kappa shape index (κ2) is 10.1. The average molecular weight is 434 g/mol. The number of amides is 1. The number of sulfone groups is 1. The number of nitrogens with one attached hydrogen (secondary N) is 2. The molecular weight excluding hydrogens is 410 g/mol. The van der Waals surface area contributed by atoms with Crippen LogP contribution in [-0.4, -0.2) is 44.1 Å². The summed E-state index contributed by atoms with van der Waals surface area (Å²) < 4.78 is 23.0. The van der Waals surface area contributed by atoms with Gasteiger partial charge in [-0.15, -0.1) is 0 Å². The van der Waals surface area contributed by atoms with Crippen LogP contribution in [0.4, 0.5) is 11.5 Å². The quantitative estimate of drug-likeness (QED) is 0.511. The van der Waals surface area contributed by atoms with E-state index in [1.807, 2.05) is 12.3 Å². The first-order chi connectivity index (χ1) is 13.8. The number of hydrogen-bond acceptors (Lipinski definition) is 8. The largest absolute Gasteiger partial charge is 0.397 e. The summed E-state index contributed by atoms with van der Waals surface area (Å²) in [6.45, 7) is 0.806. The fourth-order valence-electron chi connectivity index (χ4n) is 2.48. The summed E-state index contributed by atoms with van der Waals surface area (Å²) in [5.74, 6) is 0.805. The van der Waals surface area contributed by atoms with E-state index in [9.17, 15) is 18.5 Å². The molecule has 2 aromatic rings. The van der Waals surface area contributed by atoms with E-state index in [0.717, 1.165) is 24.0 Å². The average Bonchev–Trinajstić information content (AvgIpc) is 2.68. The van der Waals surface area contributed by atoms with Gasteiger partial charge in [0.15, 0.2) is 9.84 Å². The van der Waals surface area contributed by atoms with Gasteiger partial charge in [0.05, 0.1) is 10.6 Å². The summed E-state index contributed by atoms with van der Waals surface area (Å²) >= 11 is 1.72. The number of nitriles is 1. The molecule has 1 aromatic heterocycles. The Hall–Kier alpha value is -2.77. The lowest BCUT2D eigenvalue weighted by Crippen LogP contribution is -2.24. The number of carbonyl (C=O) groups is 1. The van der Waals surface area contributed by atoms with Crippen LogP contribution >= 0.6 is 11.8 Å². The number of hydrogen-bond donors (Lipinski definition) is 3. The van der Waals surface area contributed by atoms with E-state index in [0.29, 0.717) is 6.54 Å². The highest BCUT2D eigenvalue weighted by molar-refractivity contribution is 7.98. The number of aromatic nitrogens is 1. The third-order valence-electron chi connectivity index (χ3n) is 4.02. The minimum Gasteiger partial charge on any atom is -0.397 e. The monoisotopic (exact) mass is 433 g/mol. The Morgan fingerprint density at radius 2 is 2.00 bits per heavy atom. The zero-order chi connectivity index (χ0) is 21.4. The Morgan fingerprint density at radius 1 is 1.31 bits per heavy atom. The minimum atomic E-state index is -3.27. The highest BCUT2D eigenvalue weighted by Crippen LogP contribution is 2.21. The molecule has 0 radical (unpaired) electrons. The van der Waals surface area contributed by atoms with Crippen molar-refractivity contribution in [1.29, 1.82) is 5.26 Å². The summed E-state index contributed by atoms with van der Waals surface area (Å²) in [4.78, 5) is 16.9. The van der Waals surface area contributed by atoms with Gasteiger partial charge in [-0.25, -0.2) is 13.4 Å². The number of nitrogens with zero attached hydrogens (tertiary/aromatic N) is 2. The molecule has 10 heteroatoms. The summed E-state index contributed by atoms with van der Waals surface area (Å²) in [5, 5.41) is 15.1. The van der Waals surface area contributed by atoms with E-state index in [1.54, 1.807) is 23.9 Å². The maximum atomic E-state index is 12.5. The molecule has 0 saturated carbocycles. The number of benzene rings is 1. The van der Waals surface area contributed by atoms with E-state index in [4.69, 9.17) is 5.73 Å². The molecule has 1 aromatic carbocycles. The van der Waals surface area contributed by atoms with Gasteiger partial charge in [-0.3, -0.25) is 4.79 Å². The number of pyridine rings is 1. The van der Waals surface area contributed by atoms with E-state index in [2.05, 4.69) is 15.6 Å². The van der Waals surface area contributed by atoms with Crippen LogP contribution in [0.3, 0.4) is 0 Å². The summed E-state index contributed by atoms with van der Waals surface area (Å²) in [7, 11) is -3.27. The van der Waals surface area contributed by atoms with Crippen molar-refractivity contribution in [2.24, 2.45) is 0 Å². The predicted octanol–water partition coefficient (Wildman–Crippen LogP) is 2.03. The van der Waals surface area contributed by atoms with Crippen LogP contribution in [0, 0.1) is 11.3 Å². The maximum Gasteiger partial charge on any atom is 0.270 e. The molecule has 29 heavy (non-hydrogen) atoms. The summed E-state index contributed by atoms with van der Waals surface area (Å²) in [6, 6.07) is 9.63. The molecule has 0 fully saturated rings. The predicted molar refractivity (Wildman–Crippen MR) is 116 cm³/mol. The third kappa shape index (κ3) is 6.37. The van der Waals surface area contributed by atoms with E-state index >= 15 is 0 Å². The minimum absolute atomic E-state index is 0.0987. The molecule has 0 unspecified atom stereocenters. The molecule has 8 nitrogen and oxygen atoms in total. The number of carbonyl (C=O) groups excluding carboxylic acids is 1. The molecule has 2 rings (SSSR count). The molecule has 0 aliphatic heterocycles. The molecule has 1 amide bonds. The molecule has 0 spiro atoms. The lowest BCUT2D eigenvalue weighted by molar-refractivity contribution is 0.0946. The van der Waals surface area contributed by atoms with Gasteiger partial charge >= 0.3 is 0 Å². The molecule has 0 saturated heterocycles. The van der Waals surface area contributed by atoms with Crippen molar-refractivity contribution in [3.8, 4) is 6.07 Å². The van der Waals surface area contributed by atoms with Gasteiger partial charge < -0.3 is 16.4 Å². The zero-order valence-electron chi connectivity index (χ0n) is 16.2. The molecule has 4 N–H and O–H groups in total. The first-order valence-corrected chi connectivity index (χ1v) is 12.1. The van der Waals surface area contributed by atoms with Crippen molar-refractivity contribution in [2.75, 3.05) is 35.9 Å². The number of rotatable bonds is 9. The Bertz CT molecular complexity index is 1020. The Kier molecular flexibility index (Phi) is 7.87. The highest BCUT2D eigenvalue weighted by atomic mass is 32.2. The first kappa shape index (κ1) is 22.5. The van der Waals surface area contributed by atoms with Gasteiger partial charge in [0.1, 0.15) is 23.1 Å². The third-order valence-corrected chi connectivity index (χ3v) is 5.84. The Morgan fingerprint density at radius 3 is 2.59 bits per heavy atom. The van der Waals surface area contributed by atoms with Crippen molar-refractivity contribution in [1.82, 2.24) is 10.3 Å². The number of thioether (sulfide) groups is 1. The van der Waals surface area contributed by atoms with Crippen LogP contribution in [0.15, 0.2) is 35.2 Å². The number of anilines is 2. The second-order valence-electron chi connectivity index (χ2n) is 6.30. The Balaban J connectivity index is 2.09. The van der Waals surface area contributed by atoms with Crippen LogP contribution in [0.1, 0.15) is 28.0 Å². The van der Waals surface area contributed by atoms with Crippen LogP contribution < -0.4 is 16.4 Å². The van der Waals surface area contributed by atoms with Gasteiger partial charge in [-0.2, -0.15) is 17.0 Å². The van der Waals surface area contributed by atoms with Crippen LogP contribution in [0.25, 0.3) is 0 Å². The zero-order valence-corrected chi connectivity index (χ0v) is 17.9. The van der Waals surface area contributed by atoms with Gasteiger partial charge in [0.25, 0.3) is 5.91 Å². The number of nitrogen functional groups attached to an aromatic ring is 1. The topological polar surface area (TPSA) is 138 Å². The Labute approximate surface area is 174 Å². The SMILES string of the molecule is CSCCCNc1nc(C(=O)NCc2ccc(S(C)(=O)=O)cc2)cc(N)c1C#N. The molecule has 0 bridgehead atoms. The molecule has 0 atom stereocenters. The first-order valence-electron chi connectivity index (χ1n) is 8.77. The standard InChI is InChI=1S/C19H23N5O3S2/c1-28-9-3-8-22-18-15(11-20)16(21)10-17(24-18)19(25)23-12-13-4-6-14(7-5-13)29(2,26)27/h4-7,10H,3,8-9,12H2,1-2H3,(H,23,25)(H3,21,22,24). The lowest BCUT2D eigenvalue weighted by Gasteiger charge is -2.12. The normalized spacial score (nSPS) is 10.9. The van der Waals surface area contributed by atoms with Crippen molar-refractivity contribution in [3.63, 3.8) is 0 Å². The van der Waals surface area contributed by atoms with Crippen molar-refractivity contribution in [2.45, 2.75) is 17.9 Å². The van der Waals surface area contributed by atoms with E-state index in [-0.39, 0.29) is 34.2 Å². The summed E-state index contributed by atoms with van der Waals surface area (Å²) in [5.41, 5.74) is 7.15. The molecule has 0 aliphatic rings. The van der Waals surface area contributed by atoms with Crippen LogP contribution in [0.2, 0.25) is 0 Å². The highest BCUT2D eigenvalue weighted by Gasteiger charge is 2.15. The van der Waals surface area contributed by atoms with Crippen LogP contribution in [-0.2, 0) is 16.4 Å². The fraction of sp³-hybridized carbons (Fsp3) is 0.316. The fourth-order valence-corrected chi connectivity index (χ4v) is 3.54. The maximum absolute atomic E-state index is 12.5. The van der Waals surface area contributed by atoms with Gasteiger partial charge in [0, 0.05) is 19.3 Å². The van der Waals surface area contributed by atoms with Crippen LogP contribution in [0.5, 0.6) is 0 Å². The lowest BCUT2D eigenvalue weighted by atomic mass is 10.2. The van der Waals surface area contributed by atoms with Crippen molar-refractivity contribution >= 4 is 39.0 Å². The van der Waals surface area contributed by atoms with Crippen molar-refractivity contribution in [3.05, 3.63) is 47.2 Å². The van der Waals surface area contributed by atoms with E-state index < -0.39 is 15.7 Å². The molecular formula is C19H23N5O3S2.